The minimum absolute atomic E-state index is 0.629. The fourth-order valence-corrected chi connectivity index (χ4v) is 9.78. The summed E-state index contributed by atoms with van der Waals surface area (Å²) in [6.07, 6.45) is 0. The standard InChI is InChI=1S/C57H36N6/c1-4-17-37(18-5-1)55-58-56(38-19-6-2-7-20-38)60-57(59-55)39-31-33-41(34-32-39)62-46-26-13-10-23-42(46)43-35-36-51-53(54(43)62)45-25-12-15-28-48(45)63(51)50-30-16-29-49-52(50)44-24-11-14-27-47(44)61(49)40-21-8-3-9-22-40/h1-36H. The summed E-state index contributed by atoms with van der Waals surface area (Å²) in [7, 11) is 0. The lowest BCUT2D eigenvalue weighted by molar-refractivity contribution is 1.07. The first kappa shape index (κ1) is 35.2. The van der Waals surface area contributed by atoms with Crippen molar-refractivity contribution < 1.29 is 0 Å². The van der Waals surface area contributed by atoms with Crippen LogP contribution in [0, 0.1) is 0 Å². The molecule has 6 heteroatoms. The van der Waals surface area contributed by atoms with Crippen molar-refractivity contribution in [1.82, 2.24) is 28.7 Å². The molecule has 0 atom stereocenters. The zero-order valence-electron chi connectivity index (χ0n) is 34.0. The van der Waals surface area contributed by atoms with Gasteiger partial charge in [0, 0.05) is 60.4 Å². The predicted molar refractivity (Wildman–Crippen MR) is 259 cm³/mol. The van der Waals surface area contributed by atoms with E-state index in [1.807, 2.05) is 60.7 Å². The van der Waals surface area contributed by atoms with E-state index < -0.39 is 0 Å². The molecule has 0 bridgehead atoms. The Bertz CT molecular complexity index is 3820. The highest BCUT2D eigenvalue weighted by Gasteiger charge is 2.23. The summed E-state index contributed by atoms with van der Waals surface area (Å²) in [5.41, 5.74) is 13.2. The Balaban J connectivity index is 1.05. The molecule has 0 saturated carbocycles. The lowest BCUT2D eigenvalue weighted by Gasteiger charge is -2.12. The van der Waals surface area contributed by atoms with Crippen molar-refractivity contribution in [2.75, 3.05) is 0 Å². The number of aromatic nitrogens is 6. The minimum Gasteiger partial charge on any atom is -0.309 e. The first-order valence-corrected chi connectivity index (χ1v) is 21.3. The van der Waals surface area contributed by atoms with Gasteiger partial charge in [0.25, 0.3) is 0 Å². The van der Waals surface area contributed by atoms with E-state index in [0.29, 0.717) is 17.5 Å². The normalized spacial score (nSPS) is 11.8. The molecule has 13 aromatic rings. The molecule has 0 aliphatic heterocycles. The van der Waals surface area contributed by atoms with Crippen molar-refractivity contribution >= 4 is 65.4 Å². The van der Waals surface area contributed by atoms with E-state index in [1.54, 1.807) is 0 Å². The SMILES string of the molecule is c1ccc(-c2nc(-c3ccccc3)nc(-c3ccc(-n4c5ccccc5c5ccc6c(c7ccccc7n6-c6cccc7c6c6ccccc6n7-c6ccccc6)c54)cc3)n2)cc1. The van der Waals surface area contributed by atoms with Gasteiger partial charge in [0.1, 0.15) is 0 Å². The second kappa shape index (κ2) is 14.0. The van der Waals surface area contributed by atoms with Crippen molar-refractivity contribution in [3.05, 3.63) is 218 Å². The van der Waals surface area contributed by atoms with Crippen LogP contribution in [0.3, 0.4) is 0 Å². The molecule has 0 fully saturated rings. The van der Waals surface area contributed by atoms with Gasteiger partial charge in [0.15, 0.2) is 17.5 Å². The Hall–Kier alpha value is -8.61. The third-order valence-electron chi connectivity index (χ3n) is 12.5. The van der Waals surface area contributed by atoms with Gasteiger partial charge < -0.3 is 13.7 Å². The Morgan fingerprint density at radius 3 is 1.32 bits per heavy atom. The van der Waals surface area contributed by atoms with E-state index in [2.05, 4.69) is 171 Å². The molecule has 0 aliphatic carbocycles. The van der Waals surface area contributed by atoms with Gasteiger partial charge in [-0.1, -0.05) is 146 Å². The van der Waals surface area contributed by atoms with E-state index in [0.717, 1.165) is 50.3 Å². The Morgan fingerprint density at radius 2 is 0.698 bits per heavy atom. The second-order valence-electron chi connectivity index (χ2n) is 16.0. The highest BCUT2D eigenvalue weighted by Crippen LogP contribution is 2.44. The van der Waals surface area contributed by atoms with Gasteiger partial charge in [0.2, 0.25) is 0 Å². The van der Waals surface area contributed by atoms with Crippen molar-refractivity contribution in [1.29, 1.82) is 0 Å². The van der Waals surface area contributed by atoms with Crippen LogP contribution in [-0.2, 0) is 0 Å². The fourth-order valence-electron chi connectivity index (χ4n) is 9.78. The minimum atomic E-state index is 0.629. The highest BCUT2D eigenvalue weighted by atomic mass is 15.0. The largest absolute Gasteiger partial charge is 0.309 e. The summed E-state index contributed by atoms with van der Waals surface area (Å²) >= 11 is 0. The summed E-state index contributed by atoms with van der Waals surface area (Å²) in [5, 5.41) is 7.28. The topological polar surface area (TPSA) is 53.5 Å². The molecule has 0 spiro atoms. The Kier molecular flexibility index (Phi) is 7.80. The summed E-state index contributed by atoms with van der Waals surface area (Å²) in [4.78, 5) is 15.0. The van der Waals surface area contributed by atoms with Gasteiger partial charge in [-0.15, -0.1) is 0 Å². The molecular formula is C57H36N6. The molecule has 0 N–H and O–H groups in total. The number of rotatable bonds is 6. The lowest BCUT2D eigenvalue weighted by Crippen LogP contribution is -2.00. The molecule has 4 heterocycles. The third kappa shape index (κ3) is 5.41. The highest BCUT2D eigenvalue weighted by molar-refractivity contribution is 6.27. The maximum Gasteiger partial charge on any atom is 0.164 e. The maximum atomic E-state index is 5.02. The van der Waals surface area contributed by atoms with Crippen LogP contribution < -0.4 is 0 Å². The average molecular weight is 805 g/mol. The van der Waals surface area contributed by atoms with Crippen molar-refractivity contribution in [3.63, 3.8) is 0 Å². The van der Waals surface area contributed by atoms with Crippen LogP contribution in [0.5, 0.6) is 0 Å². The van der Waals surface area contributed by atoms with Crippen LogP contribution in [0.2, 0.25) is 0 Å². The maximum absolute atomic E-state index is 5.02. The van der Waals surface area contributed by atoms with Crippen molar-refractivity contribution in [3.8, 4) is 51.2 Å². The van der Waals surface area contributed by atoms with Crippen LogP contribution in [0.15, 0.2) is 218 Å². The molecule has 0 radical (unpaired) electrons. The van der Waals surface area contributed by atoms with Gasteiger partial charge in [-0.05, 0) is 72.8 Å². The lowest BCUT2D eigenvalue weighted by atomic mass is 10.1. The Labute approximate surface area is 362 Å². The summed E-state index contributed by atoms with van der Waals surface area (Å²) in [6.45, 7) is 0. The molecule has 4 aromatic heterocycles. The number of fused-ring (bicyclic) bond motifs is 10. The number of hydrogen-bond donors (Lipinski definition) is 0. The van der Waals surface area contributed by atoms with Crippen molar-refractivity contribution in [2.45, 2.75) is 0 Å². The molecule has 0 aliphatic rings. The molecular weight excluding hydrogens is 769 g/mol. The molecule has 294 valence electrons. The van der Waals surface area contributed by atoms with Crippen LogP contribution in [0.4, 0.5) is 0 Å². The predicted octanol–water partition coefficient (Wildman–Crippen LogP) is 14.2. The van der Waals surface area contributed by atoms with Crippen LogP contribution >= 0.6 is 0 Å². The summed E-state index contributed by atoms with van der Waals surface area (Å²) in [5.74, 6) is 1.92. The van der Waals surface area contributed by atoms with Gasteiger partial charge >= 0.3 is 0 Å². The van der Waals surface area contributed by atoms with Crippen LogP contribution in [0.25, 0.3) is 117 Å². The summed E-state index contributed by atoms with van der Waals surface area (Å²) < 4.78 is 7.31. The second-order valence-corrected chi connectivity index (χ2v) is 16.0. The molecule has 0 saturated heterocycles. The molecule has 0 amide bonds. The van der Waals surface area contributed by atoms with E-state index in [-0.39, 0.29) is 0 Å². The molecule has 6 nitrogen and oxygen atoms in total. The molecule has 63 heavy (non-hydrogen) atoms. The number of hydrogen-bond acceptors (Lipinski definition) is 3. The Morgan fingerprint density at radius 1 is 0.254 bits per heavy atom. The molecule has 0 unspecified atom stereocenters. The van der Waals surface area contributed by atoms with E-state index in [9.17, 15) is 0 Å². The monoisotopic (exact) mass is 804 g/mol. The van der Waals surface area contributed by atoms with E-state index in [4.69, 9.17) is 15.0 Å². The first-order chi connectivity index (χ1) is 31.3. The van der Waals surface area contributed by atoms with E-state index >= 15 is 0 Å². The van der Waals surface area contributed by atoms with Gasteiger partial charge in [-0.3, -0.25) is 0 Å². The fraction of sp³-hybridized carbons (Fsp3) is 0. The number of benzene rings is 9. The van der Waals surface area contributed by atoms with Crippen LogP contribution in [-0.4, -0.2) is 28.7 Å². The zero-order chi connectivity index (χ0) is 41.4. The van der Waals surface area contributed by atoms with E-state index in [1.165, 1.54) is 48.9 Å². The van der Waals surface area contributed by atoms with Gasteiger partial charge in [-0.2, -0.15) is 0 Å². The zero-order valence-corrected chi connectivity index (χ0v) is 34.0. The average Bonchev–Trinajstić information content (AvgIpc) is 4.01. The summed E-state index contributed by atoms with van der Waals surface area (Å²) in [6, 6.07) is 77.4. The number of nitrogens with zero attached hydrogens (tertiary/aromatic N) is 6. The molecule has 9 aromatic carbocycles. The number of para-hydroxylation sites is 4. The third-order valence-corrected chi connectivity index (χ3v) is 12.5. The van der Waals surface area contributed by atoms with Crippen LogP contribution in [0.1, 0.15) is 0 Å². The molecule has 13 rings (SSSR count). The first-order valence-electron chi connectivity index (χ1n) is 21.3. The smallest absolute Gasteiger partial charge is 0.164 e. The quantitative estimate of drug-likeness (QED) is 0.168. The van der Waals surface area contributed by atoms with Gasteiger partial charge in [-0.25, -0.2) is 15.0 Å². The van der Waals surface area contributed by atoms with Gasteiger partial charge in [0.05, 0.1) is 38.8 Å². The van der Waals surface area contributed by atoms with Crippen molar-refractivity contribution in [2.24, 2.45) is 0 Å².